The molecule has 0 unspecified atom stereocenters. The molecule has 0 aliphatic rings. The molecule has 0 amide bonds. The van der Waals surface area contributed by atoms with Crippen LogP contribution in [-0.4, -0.2) is 38.4 Å². The van der Waals surface area contributed by atoms with Crippen molar-refractivity contribution in [1.29, 1.82) is 0 Å². The Bertz CT molecular complexity index is 2470. The van der Waals surface area contributed by atoms with Crippen LogP contribution in [0.1, 0.15) is 0 Å². The van der Waals surface area contributed by atoms with Gasteiger partial charge in [0.05, 0.1) is 11.4 Å². The standard InChI is InChI=1S/C17H10FN5O.C16H12FN5O/c18-13-4-1-11(2-5-13)15-16(23-7-8-24-17(23)20-15)12-3-6-14-21-19-10-22(14)9-12;17-12-4-1-10(2-5-12)14-15(22-7-8-23-16(22)20-14)11-3-6-13(21-18)19-9-11/h1-10H;1-9H,18H2,(H,19,21). The van der Waals surface area contributed by atoms with Crippen LogP contribution in [0.15, 0.2) is 125 Å². The third-order valence-corrected chi connectivity index (χ3v) is 7.51. The number of anilines is 1. The summed E-state index contributed by atoms with van der Waals surface area (Å²) in [5, 5.41) is 7.91. The summed E-state index contributed by atoms with van der Waals surface area (Å²) in [7, 11) is 0. The summed E-state index contributed by atoms with van der Waals surface area (Å²) in [6, 6.07) is 19.9. The van der Waals surface area contributed by atoms with Gasteiger partial charge in [-0.1, -0.05) is 0 Å². The fraction of sp³-hybridized carbons (Fsp3) is 0. The number of nitrogens with one attached hydrogen (secondary N) is 1. The van der Waals surface area contributed by atoms with Gasteiger partial charge in [0.25, 0.3) is 0 Å². The van der Waals surface area contributed by atoms with E-state index in [1.807, 2.05) is 37.6 Å². The molecule has 0 spiro atoms. The predicted molar refractivity (Wildman–Crippen MR) is 169 cm³/mol. The van der Waals surface area contributed by atoms with Gasteiger partial charge in [-0.25, -0.2) is 19.6 Å². The molecule has 2 aromatic carbocycles. The lowest BCUT2D eigenvalue weighted by Gasteiger charge is -2.05. The van der Waals surface area contributed by atoms with Crippen LogP contribution in [-0.2, 0) is 0 Å². The summed E-state index contributed by atoms with van der Waals surface area (Å²) in [5.74, 6) is 6.27. The van der Waals surface area contributed by atoms with Gasteiger partial charge in [0.15, 0.2) is 5.65 Å². The lowest BCUT2D eigenvalue weighted by Crippen LogP contribution is -2.08. The molecule has 0 radical (unpaired) electrons. The number of benzene rings is 2. The highest BCUT2D eigenvalue weighted by molar-refractivity contribution is 5.82. The smallest absolute Gasteiger partial charge is 0.306 e. The van der Waals surface area contributed by atoms with E-state index in [0.717, 1.165) is 45.0 Å². The van der Waals surface area contributed by atoms with Crippen LogP contribution in [0.25, 0.3) is 62.4 Å². The second kappa shape index (κ2) is 11.4. The summed E-state index contributed by atoms with van der Waals surface area (Å²) in [5.41, 5.74) is 9.72. The number of hydrogen-bond donors (Lipinski definition) is 2. The first kappa shape index (κ1) is 27.8. The molecule has 9 aromatic rings. The molecule has 0 aliphatic carbocycles. The summed E-state index contributed by atoms with van der Waals surface area (Å²) >= 11 is 0. The maximum Gasteiger partial charge on any atom is 0.306 e. The van der Waals surface area contributed by atoms with E-state index >= 15 is 0 Å². The lowest BCUT2D eigenvalue weighted by molar-refractivity contribution is 0.596. The number of nitrogen functional groups attached to an aromatic ring is 1. The second-order valence-electron chi connectivity index (χ2n) is 10.3. The van der Waals surface area contributed by atoms with Crippen LogP contribution in [0.4, 0.5) is 14.6 Å². The zero-order chi connectivity index (χ0) is 31.9. The van der Waals surface area contributed by atoms with Crippen molar-refractivity contribution in [2.75, 3.05) is 5.43 Å². The van der Waals surface area contributed by atoms with Gasteiger partial charge in [0.2, 0.25) is 0 Å². The van der Waals surface area contributed by atoms with Crippen molar-refractivity contribution in [3.8, 4) is 45.0 Å². The molecule has 0 bridgehead atoms. The van der Waals surface area contributed by atoms with Gasteiger partial charge in [-0.3, -0.25) is 13.2 Å². The molecule has 0 saturated heterocycles. The first-order valence-electron chi connectivity index (χ1n) is 14.2. The molecular formula is C33H22F2N10O2. The van der Waals surface area contributed by atoms with Gasteiger partial charge >= 0.3 is 11.7 Å². The van der Waals surface area contributed by atoms with E-state index in [2.05, 4.69) is 30.6 Å². The molecule has 0 atom stereocenters. The van der Waals surface area contributed by atoms with E-state index in [0.29, 0.717) is 23.2 Å². The summed E-state index contributed by atoms with van der Waals surface area (Å²) < 4.78 is 42.8. The number of hydrogen-bond acceptors (Lipinski definition) is 9. The van der Waals surface area contributed by atoms with Crippen LogP contribution in [0.5, 0.6) is 0 Å². The number of pyridine rings is 2. The Labute approximate surface area is 263 Å². The van der Waals surface area contributed by atoms with Gasteiger partial charge < -0.3 is 14.3 Å². The molecule has 7 heterocycles. The molecule has 230 valence electrons. The van der Waals surface area contributed by atoms with E-state index in [1.165, 1.54) is 24.3 Å². The quantitative estimate of drug-likeness (QED) is 0.161. The third-order valence-electron chi connectivity index (χ3n) is 7.51. The van der Waals surface area contributed by atoms with Crippen LogP contribution in [0.2, 0.25) is 0 Å². The third kappa shape index (κ3) is 5.04. The molecule has 3 N–H and O–H groups in total. The van der Waals surface area contributed by atoms with Crippen LogP contribution >= 0.6 is 0 Å². The van der Waals surface area contributed by atoms with E-state index in [-0.39, 0.29) is 11.6 Å². The maximum absolute atomic E-state index is 13.2. The fourth-order valence-corrected chi connectivity index (χ4v) is 5.33. The Balaban J connectivity index is 0.000000138. The molecule has 9 rings (SSSR count). The predicted octanol–water partition coefficient (Wildman–Crippen LogP) is 6.52. The number of aromatic nitrogens is 8. The number of halogens is 2. The molecule has 12 nitrogen and oxygen atoms in total. The summed E-state index contributed by atoms with van der Waals surface area (Å²) in [6.45, 7) is 0. The minimum atomic E-state index is -0.293. The highest BCUT2D eigenvalue weighted by Gasteiger charge is 2.19. The van der Waals surface area contributed by atoms with E-state index in [1.54, 1.807) is 67.8 Å². The van der Waals surface area contributed by atoms with Gasteiger partial charge in [-0.15, -0.1) is 10.2 Å². The van der Waals surface area contributed by atoms with Crippen molar-refractivity contribution in [3.05, 3.63) is 128 Å². The zero-order valence-electron chi connectivity index (χ0n) is 24.2. The van der Waals surface area contributed by atoms with E-state index in [9.17, 15) is 8.78 Å². The Morgan fingerprint density at radius 2 is 1.21 bits per heavy atom. The molecule has 47 heavy (non-hydrogen) atoms. The van der Waals surface area contributed by atoms with Crippen molar-refractivity contribution in [3.63, 3.8) is 0 Å². The Kier molecular flexibility index (Phi) is 6.73. The molecule has 0 fully saturated rings. The number of nitrogens with two attached hydrogens (primary N) is 1. The number of nitrogens with zero attached hydrogens (tertiary/aromatic N) is 8. The minimum Gasteiger partial charge on any atom is -0.432 e. The number of imidazole rings is 2. The second-order valence-corrected chi connectivity index (χ2v) is 10.3. The average Bonchev–Trinajstić information content (AvgIpc) is 3.93. The number of rotatable bonds is 5. The highest BCUT2D eigenvalue weighted by Crippen LogP contribution is 2.34. The highest BCUT2D eigenvalue weighted by atomic mass is 19.1. The SMILES string of the molecule is Fc1ccc(-c2nc3occn3c2-c2ccc3nncn3c2)cc1.NNc1ccc(-c2c(-c3ccc(F)cc3)nc3occn23)cn1. The number of hydrazine groups is 1. The first-order valence-corrected chi connectivity index (χ1v) is 14.2. The Morgan fingerprint density at radius 1 is 0.660 bits per heavy atom. The fourth-order valence-electron chi connectivity index (χ4n) is 5.33. The van der Waals surface area contributed by atoms with Crippen molar-refractivity contribution in [2.45, 2.75) is 0 Å². The van der Waals surface area contributed by atoms with Crippen LogP contribution in [0.3, 0.4) is 0 Å². The average molecular weight is 629 g/mol. The van der Waals surface area contributed by atoms with Crippen molar-refractivity contribution in [2.24, 2.45) is 5.84 Å². The zero-order valence-corrected chi connectivity index (χ0v) is 24.2. The van der Waals surface area contributed by atoms with Crippen molar-refractivity contribution in [1.82, 2.24) is 38.4 Å². The van der Waals surface area contributed by atoms with E-state index in [4.69, 9.17) is 14.7 Å². The van der Waals surface area contributed by atoms with Crippen LogP contribution < -0.4 is 11.3 Å². The van der Waals surface area contributed by atoms with Crippen molar-refractivity contribution < 1.29 is 17.6 Å². The Hall–Kier alpha value is -6.67. The number of fused-ring (bicyclic) bond motifs is 3. The first-order chi connectivity index (χ1) is 23.1. The maximum atomic E-state index is 13.2. The largest absolute Gasteiger partial charge is 0.432 e. The summed E-state index contributed by atoms with van der Waals surface area (Å²) in [4.78, 5) is 13.3. The summed E-state index contributed by atoms with van der Waals surface area (Å²) in [6.07, 6.45) is 12.0. The lowest BCUT2D eigenvalue weighted by atomic mass is 10.1. The molecule has 7 aromatic heterocycles. The molecular weight excluding hydrogens is 606 g/mol. The normalized spacial score (nSPS) is 11.3. The topological polar surface area (TPSA) is 142 Å². The van der Waals surface area contributed by atoms with Crippen molar-refractivity contribution >= 4 is 23.2 Å². The van der Waals surface area contributed by atoms with Gasteiger partial charge in [0.1, 0.15) is 47.7 Å². The molecule has 0 saturated carbocycles. The van der Waals surface area contributed by atoms with Gasteiger partial charge in [-0.2, -0.15) is 9.97 Å². The van der Waals surface area contributed by atoms with E-state index < -0.39 is 0 Å². The van der Waals surface area contributed by atoms with Gasteiger partial charge in [-0.05, 0) is 72.8 Å². The molecule has 0 aliphatic heterocycles. The minimum absolute atomic E-state index is 0.283. The van der Waals surface area contributed by atoms with Gasteiger partial charge in [0, 0.05) is 47.0 Å². The Morgan fingerprint density at radius 3 is 1.77 bits per heavy atom. The molecule has 14 heteroatoms. The number of oxazole rings is 2. The van der Waals surface area contributed by atoms with Crippen LogP contribution in [0, 0.1) is 11.6 Å². The monoisotopic (exact) mass is 628 g/mol.